The smallest absolute Gasteiger partial charge is 0.217 e. The molecule has 0 spiro atoms. The standard InChI is InChI=1S/C17H23N5O3S/c1-3-24-9-5-4-8-19-16(18)22-17-21-14(11-26-17)15-7-6-13(25-15)10-20-12(2)23/h4-7,11H,3,8-10H2,1-2H3,(H,20,23)(H3,18,19,21,22)/b5-4+. The van der Waals surface area contributed by atoms with E-state index in [4.69, 9.17) is 14.9 Å². The van der Waals surface area contributed by atoms with Crippen molar-refractivity contribution in [2.45, 2.75) is 20.4 Å². The predicted molar refractivity (Wildman–Crippen MR) is 102 cm³/mol. The third-order valence-corrected chi connectivity index (χ3v) is 3.85. The molecule has 26 heavy (non-hydrogen) atoms. The van der Waals surface area contributed by atoms with Gasteiger partial charge in [-0.15, -0.1) is 11.3 Å². The Morgan fingerprint density at radius 2 is 2.27 bits per heavy atom. The number of rotatable bonds is 9. The SMILES string of the molecule is CCOC/C=C/CN/C(N)=N/c1nc(-c2ccc(CNC(C)=O)o2)cs1. The molecule has 0 bridgehead atoms. The van der Waals surface area contributed by atoms with Crippen LogP contribution in [0.25, 0.3) is 11.5 Å². The van der Waals surface area contributed by atoms with Gasteiger partial charge < -0.3 is 25.5 Å². The van der Waals surface area contributed by atoms with E-state index in [2.05, 4.69) is 20.6 Å². The van der Waals surface area contributed by atoms with Crippen molar-refractivity contribution in [1.29, 1.82) is 0 Å². The molecule has 0 atom stereocenters. The summed E-state index contributed by atoms with van der Waals surface area (Å²) in [7, 11) is 0. The minimum absolute atomic E-state index is 0.107. The van der Waals surface area contributed by atoms with Crippen molar-refractivity contribution in [3.05, 3.63) is 35.4 Å². The molecule has 0 aliphatic carbocycles. The predicted octanol–water partition coefficient (Wildman–Crippen LogP) is 2.17. The summed E-state index contributed by atoms with van der Waals surface area (Å²) in [5.41, 5.74) is 6.52. The van der Waals surface area contributed by atoms with Crippen LogP contribution < -0.4 is 16.4 Å². The lowest BCUT2D eigenvalue weighted by molar-refractivity contribution is -0.119. The van der Waals surface area contributed by atoms with Crippen LogP contribution >= 0.6 is 11.3 Å². The molecule has 2 rings (SSSR count). The summed E-state index contributed by atoms with van der Waals surface area (Å²) in [6.45, 7) is 5.59. The molecule has 0 radical (unpaired) electrons. The van der Waals surface area contributed by atoms with E-state index in [1.807, 2.05) is 30.5 Å². The average Bonchev–Trinajstić information content (AvgIpc) is 3.25. The van der Waals surface area contributed by atoms with E-state index in [1.54, 1.807) is 6.07 Å². The fourth-order valence-corrected chi connectivity index (χ4v) is 2.58. The molecule has 4 N–H and O–H groups in total. The number of aliphatic imine (C=N–C) groups is 1. The highest BCUT2D eigenvalue weighted by Gasteiger charge is 2.09. The Hall–Kier alpha value is -2.65. The number of nitrogens with zero attached hydrogens (tertiary/aromatic N) is 2. The zero-order valence-corrected chi connectivity index (χ0v) is 15.6. The molecule has 0 unspecified atom stereocenters. The minimum Gasteiger partial charge on any atom is -0.458 e. The number of ether oxygens (including phenoxy) is 1. The van der Waals surface area contributed by atoms with Crippen LogP contribution in [0.3, 0.4) is 0 Å². The number of carbonyl (C=O) groups is 1. The maximum Gasteiger partial charge on any atom is 0.217 e. The van der Waals surface area contributed by atoms with E-state index in [9.17, 15) is 4.79 Å². The normalized spacial score (nSPS) is 11.8. The number of carbonyl (C=O) groups excluding carboxylic acids is 1. The van der Waals surface area contributed by atoms with Gasteiger partial charge in [0.2, 0.25) is 11.0 Å². The lowest BCUT2D eigenvalue weighted by atomic mass is 10.3. The number of hydrogen-bond donors (Lipinski definition) is 3. The minimum atomic E-state index is -0.107. The Morgan fingerprint density at radius 1 is 1.42 bits per heavy atom. The van der Waals surface area contributed by atoms with Crippen LogP contribution in [0.15, 0.2) is 39.1 Å². The molecule has 2 aromatic rings. The van der Waals surface area contributed by atoms with Crippen molar-refractivity contribution >= 4 is 28.3 Å². The van der Waals surface area contributed by atoms with E-state index in [0.29, 0.717) is 48.6 Å². The number of thiazole rings is 1. The number of guanidine groups is 1. The van der Waals surface area contributed by atoms with Gasteiger partial charge in [-0.3, -0.25) is 4.79 Å². The van der Waals surface area contributed by atoms with Gasteiger partial charge in [0, 0.05) is 25.5 Å². The Bertz CT molecular complexity index is 766. The Labute approximate surface area is 156 Å². The maximum atomic E-state index is 10.9. The van der Waals surface area contributed by atoms with Crippen LogP contribution in [0.1, 0.15) is 19.6 Å². The van der Waals surface area contributed by atoms with Gasteiger partial charge in [-0.2, -0.15) is 4.99 Å². The van der Waals surface area contributed by atoms with E-state index >= 15 is 0 Å². The number of nitrogens with two attached hydrogens (primary N) is 1. The molecule has 8 nitrogen and oxygen atoms in total. The van der Waals surface area contributed by atoms with Crippen molar-refractivity contribution in [3.63, 3.8) is 0 Å². The van der Waals surface area contributed by atoms with Crippen LogP contribution in [-0.2, 0) is 16.1 Å². The monoisotopic (exact) mass is 377 g/mol. The molecule has 140 valence electrons. The van der Waals surface area contributed by atoms with Gasteiger partial charge >= 0.3 is 0 Å². The fraction of sp³-hybridized carbons (Fsp3) is 0.353. The van der Waals surface area contributed by atoms with Crippen molar-refractivity contribution in [3.8, 4) is 11.5 Å². The molecule has 2 heterocycles. The van der Waals surface area contributed by atoms with Gasteiger partial charge in [0.25, 0.3) is 0 Å². The molecule has 2 aromatic heterocycles. The van der Waals surface area contributed by atoms with Gasteiger partial charge in [-0.25, -0.2) is 4.98 Å². The third kappa shape index (κ3) is 6.69. The molecule has 0 saturated heterocycles. The second kappa shape index (κ2) is 10.4. The fourth-order valence-electron chi connectivity index (χ4n) is 1.89. The zero-order chi connectivity index (χ0) is 18.8. The van der Waals surface area contributed by atoms with Crippen LogP contribution in [0.2, 0.25) is 0 Å². The Morgan fingerprint density at radius 3 is 3.04 bits per heavy atom. The molecule has 0 saturated carbocycles. The van der Waals surface area contributed by atoms with Crippen LogP contribution in [-0.4, -0.2) is 36.6 Å². The quantitative estimate of drug-likeness (QED) is 0.267. The summed E-state index contributed by atoms with van der Waals surface area (Å²) in [5, 5.41) is 8.03. The van der Waals surface area contributed by atoms with E-state index in [0.717, 1.165) is 0 Å². The lowest BCUT2D eigenvalue weighted by Gasteiger charge is -2.00. The molecule has 0 aliphatic rings. The second-order valence-electron chi connectivity index (χ2n) is 5.20. The summed E-state index contributed by atoms with van der Waals surface area (Å²) in [4.78, 5) is 19.6. The Kier molecular flexibility index (Phi) is 7.84. The van der Waals surface area contributed by atoms with Crippen LogP contribution in [0.4, 0.5) is 5.13 Å². The van der Waals surface area contributed by atoms with Crippen molar-refractivity contribution < 1.29 is 13.9 Å². The van der Waals surface area contributed by atoms with E-state index in [-0.39, 0.29) is 11.9 Å². The van der Waals surface area contributed by atoms with E-state index in [1.165, 1.54) is 18.3 Å². The molecule has 0 aliphatic heterocycles. The largest absolute Gasteiger partial charge is 0.458 e. The van der Waals surface area contributed by atoms with Gasteiger partial charge in [-0.05, 0) is 19.1 Å². The molecular formula is C17H23N5O3S. The first-order valence-electron chi connectivity index (χ1n) is 8.18. The highest BCUT2D eigenvalue weighted by molar-refractivity contribution is 7.13. The van der Waals surface area contributed by atoms with Gasteiger partial charge in [0.05, 0.1) is 13.2 Å². The van der Waals surface area contributed by atoms with Crippen molar-refractivity contribution in [2.24, 2.45) is 10.7 Å². The average molecular weight is 377 g/mol. The zero-order valence-electron chi connectivity index (χ0n) is 14.8. The van der Waals surface area contributed by atoms with Gasteiger partial charge in [-0.1, -0.05) is 12.2 Å². The number of nitrogens with one attached hydrogen (secondary N) is 2. The van der Waals surface area contributed by atoms with E-state index < -0.39 is 0 Å². The number of aromatic nitrogens is 1. The number of amides is 1. The first kappa shape index (κ1) is 19.7. The number of furan rings is 1. The number of hydrogen-bond acceptors (Lipinski definition) is 6. The first-order chi connectivity index (χ1) is 12.6. The van der Waals surface area contributed by atoms with Gasteiger partial charge in [0.15, 0.2) is 11.7 Å². The van der Waals surface area contributed by atoms with Crippen LogP contribution in [0, 0.1) is 0 Å². The van der Waals surface area contributed by atoms with Crippen molar-refractivity contribution in [1.82, 2.24) is 15.6 Å². The summed E-state index contributed by atoms with van der Waals surface area (Å²) in [5.74, 6) is 1.46. The molecule has 9 heteroatoms. The first-order valence-corrected chi connectivity index (χ1v) is 9.06. The van der Waals surface area contributed by atoms with Crippen molar-refractivity contribution in [2.75, 3.05) is 19.8 Å². The summed E-state index contributed by atoms with van der Waals surface area (Å²) < 4.78 is 10.9. The molecular weight excluding hydrogens is 354 g/mol. The molecule has 0 aromatic carbocycles. The summed E-state index contributed by atoms with van der Waals surface area (Å²) >= 11 is 1.36. The van der Waals surface area contributed by atoms with Gasteiger partial charge in [0.1, 0.15) is 11.5 Å². The Balaban J connectivity index is 1.88. The highest BCUT2D eigenvalue weighted by Crippen LogP contribution is 2.28. The highest BCUT2D eigenvalue weighted by atomic mass is 32.1. The summed E-state index contributed by atoms with van der Waals surface area (Å²) in [6.07, 6.45) is 3.84. The molecule has 0 fully saturated rings. The van der Waals surface area contributed by atoms with Crippen LogP contribution in [0.5, 0.6) is 0 Å². The maximum absolute atomic E-state index is 10.9. The molecule has 1 amide bonds. The lowest BCUT2D eigenvalue weighted by Crippen LogP contribution is -2.31. The third-order valence-electron chi connectivity index (χ3n) is 3.12. The topological polar surface area (TPSA) is 115 Å². The summed E-state index contributed by atoms with van der Waals surface area (Å²) in [6, 6.07) is 3.61. The second-order valence-corrected chi connectivity index (χ2v) is 6.04.